The zero-order valence-corrected chi connectivity index (χ0v) is 19.5. The number of piperidine rings is 1. The molecule has 3 fully saturated rings. The van der Waals surface area contributed by atoms with Crippen molar-refractivity contribution in [1.29, 1.82) is 0 Å². The Hall–Kier alpha value is -2.00. The molecule has 8 nitrogen and oxygen atoms in total. The molecule has 0 saturated carbocycles. The van der Waals surface area contributed by atoms with E-state index in [0.29, 0.717) is 24.5 Å². The van der Waals surface area contributed by atoms with Crippen molar-refractivity contribution in [3.05, 3.63) is 29.3 Å². The number of nitrogens with one attached hydrogen (secondary N) is 3. The van der Waals surface area contributed by atoms with Gasteiger partial charge in [-0.25, -0.2) is 10.4 Å². The Bertz CT molecular complexity index is 826. The van der Waals surface area contributed by atoms with Crippen LogP contribution in [-0.2, 0) is 4.79 Å². The van der Waals surface area contributed by atoms with Gasteiger partial charge in [-0.2, -0.15) is 0 Å². The van der Waals surface area contributed by atoms with Crippen LogP contribution in [0.1, 0.15) is 68.0 Å². The fraction of sp³-hybridized carbons (Fsp3) is 0.667. The van der Waals surface area contributed by atoms with Gasteiger partial charge in [-0.1, -0.05) is 19.8 Å². The second-order valence-electron chi connectivity index (χ2n) is 9.16. The average molecular weight is 444 g/mol. The van der Waals surface area contributed by atoms with Crippen molar-refractivity contribution >= 4 is 11.7 Å². The van der Waals surface area contributed by atoms with Crippen molar-refractivity contribution < 1.29 is 14.3 Å². The van der Waals surface area contributed by atoms with Gasteiger partial charge in [-0.05, 0) is 57.5 Å². The van der Waals surface area contributed by atoms with Crippen molar-refractivity contribution in [2.75, 3.05) is 33.3 Å². The molecule has 3 N–H and O–H groups in total. The smallest absolute Gasteiger partial charge is 0.241 e. The summed E-state index contributed by atoms with van der Waals surface area (Å²) in [7, 11) is 1.92. The van der Waals surface area contributed by atoms with E-state index in [1.54, 1.807) is 0 Å². The van der Waals surface area contributed by atoms with Crippen LogP contribution in [0.5, 0.6) is 5.75 Å². The molecule has 4 unspecified atom stereocenters. The molecule has 176 valence electrons. The number of nitrogens with zero attached hydrogens (tertiary/aromatic N) is 2. The third kappa shape index (κ3) is 4.83. The van der Waals surface area contributed by atoms with Gasteiger partial charge in [-0.15, -0.1) is 0 Å². The third-order valence-electron chi connectivity index (χ3n) is 6.83. The Kier molecular flexibility index (Phi) is 7.45. The van der Waals surface area contributed by atoms with E-state index < -0.39 is 6.17 Å². The van der Waals surface area contributed by atoms with E-state index in [2.05, 4.69) is 27.9 Å². The predicted molar refractivity (Wildman–Crippen MR) is 123 cm³/mol. The van der Waals surface area contributed by atoms with Crippen molar-refractivity contribution in [2.45, 2.75) is 70.2 Å². The Morgan fingerprint density at radius 3 is 2.69 bits per heavy atom. The lowest BCUT2D eigenvalue weighted by molar-refractivity contribution is -0.129. The molecule has 3 saturated heterocycles. The van der Waals surface area contributed by atoms with Crippen LogP contribution >= 0.6 is 0 Å². The highest BCUT2D eigenvalue weighted by molar-refractivity contribution is 5.98. The molecule has 1 aromatic rings. The number of fused-ring (bicyclic) bond motifs is 1. The molecule has 32 heavy (non-hydrogen) atoms. The van der Waals surface area contributed by atoms with E-state index in [9.17, 15) is 9.59 Å². The zero-order valence-electron chi connectivity index (χ0n) is 19.5. The highest BCUT2D eigenvalue weighted by atomic mass is 16.5. The predicted octanol–water partition coefficient (Wildman–Crippen LogP) is 1.83. The van der Waals surface area contributed by atoms with E-state index >= 15 is 0 Å². The molecule has 3 aliphatic rings. The first-order valence-corrected chi connectivity index (χ1v) is 12.1. The summed E-state index contributed by atoms with van der Waals surface area (Å²) in [6.07, 6.45) is 5.17. The van der Waals surface area contributed by atoms with Crippen LogP contribution < -0.4 is 20.8 Å². The van der Waals surface area contributed by atoms with Gasteiger partial charge in [0, 0.05) is 24.2 Å². The summed E-state index contributed by atoms with van der Waals surface area (Å²) >= 11 is 0. The van der Waals surface area contributed by atoms with Crippen LogP contribution in [0.4, 0.5) is 0 Å². The molecule has 4 atom stereocenters. The molecule has 0 radical (unpaired) electrons. The molecule has 3 aliphatic heterocycles. The van der Waals surface area contributed by atoms with Crippen LogP contribution in [0.15, 0.2) is 18.2 Å². The van der Waals surface area contributed by atoms with Gasteiger partial charge in [0.2, 0.25) is 5.91 Å². The quantitative estimate of drug-likeness (QED) is 0.529. The molecule has 8 heteroatoms. The first-order chi connectivity index (χ1) is 15.5. The standard InChI is InChI=1S/C24H37N5O3/c1-4-9-18-21-22(28(3)27-18)24(31)26-23(25-21)17-14-16(10-11-20(17)32-5-2)19(30)15-29-12-7-6-8-13-29/h10-11,14,18,21-23,25,27H,4-9,12-13,15H2,1-3H3,(H,26,31). The molecule has 1 aromatic carbocycles. The lowest BCUT2D eigenvalue weighted by Gasteiger charge is -2.37. The number of hydrazine groups is 1. The van der Waals surface area contributed by atoms with Crippen molar-refractivity contribution in [3.63, 3.8) is 0 Å². The first kappa shape index (κ1) is 23.2. The van der Waals surface area contributed by atoms with Crippen LogP contribution in [0, 0.1) is 0 Å². The Morgan fingerprint density at radius 2 is 1.97 bits per heavy atom. The fourth-order valence-electron chi connectivity index (χ4n) is 5.26. The minimum Gasteiger partial charge on any atom is -0.493 e. The molecule has 0 bridgehead atoms. The number of Topliss-reactive ketones (excluding diaryl/α,β-unsaturated/α-hetero) is 1. The fourth-order valence-corrected chi connectivity index (χ4v) is 5.26. The van der Waals surface area contributed by atoms with E-state index in [4.69, 9.17) is 4.74 Å². The number of likely N-dealkylation sites (tertiary alicyclic amines) is 1. The van der Waals surface area contributed by atoms with Gasteiger partial charge in [0.1, 0.15) is 18.0 Å². The minimum absolute atomic E-state index is 0.0131. The van der Waals surface area contributed by atoms with Crippen LogP contribution in [-0.4, -0.2) is 73.0 Å². The van der Waals surface area contributed by atoms with E-state index in [1.807, 2.05) is 37.2 Å². The lowest BCUT2D eigenvalue weighted by atomic mass is 9.94. The number of hydrogen-bond donors (Lipinski definition) is 3. The molecular formula is C24H37N5O3. The van der Waals surface area contributed by atoms with Gasteiger partial charge in [-0.3, -0.25) is 19.8 Å². The second-order valence-corrected chi connectivity index (χ2v) is 9.16. The van der Waals surface area contributed by atoms with Crippen LogP contribution in [0.25, 0.3) is 0 Å². The number of likely N-dealkylation sites (N-methyl/N-ethyl adjacent to an activating group) is 1. The van der Waals surface area contributed by atoms with Crippen molar-refractivity contribution in [1.82, 2.24) is 26.0 Å². The summed E-state index contributed by atoms with van der Waals surface area (Å²) in [5, 5.41) is 8.65. The summed E-state index contributed by atoms with van der Waals surface area (Å²) < 4.78 is 5.88. The van der Waals surface area contributed by atoms with Gasteiger partial charge < -0.3 is 10.1 Å². The highest BCUT2D eigenvalue weighted by Crippen LogP contribution is 2.31. The normalized spacial score (nSPS) is 28.9. The van der Waals surface area contributed by atoms with Gasteiger partial charge in [0.25, 0.3) is 0 Å². The summed E-state index contributed by atoms with van der Waals surface area (Å²) in [4.78, 5) is 28.3. The Morgan fingerprint density at radius 1 is 1.19 bits per heavy atom. The number of ketones is 1. The number of carbonyl (C=O) groups excluding carboxylic acids is 2. The molecule has 0 aliphatic carbocycles. The maximum atomic E-state index is 13.0. The van der Waals surface area contributed by atoms with E-state index in [1.165, 1.54) is 6.42 Å². The van der Waals surface area contributed by atoms with Gasteiger partial charge in [0.15, 0.2) is 5.78 Å². The molecule has 4 rings (SSSR count). The Labute approximate surface area is 191 Å². The SMILES string of the molecule is CCCC1NN(C)C2C(=O)NC(c3cc(C(=O)CN4CCCCC4)ccc3OCC)NC12. The number of benzene rings is 1. The van der Waals surface area contributed by atoms with Gasteiger partial charge in [0.05, 0.1) is 19.2 Å². The van der Waals surface area contributed by atoms with Crippen LogP contribution in [0.2, 0.25) is 0 Å². The number of rotatable bonds is 8. The maximum absolute atomic E-state index is 13.0. The highest BCUT2D eigenvalue weighted by Gasteiger charge is 2.48. The van der Waals surface area contributed by atoms with E-state index in [-0.39, 0.29) is 29.8 Å². The number of hydrogen-bond acceptors (Lipinski definition) is 7. The summed E-state index contributed by atoms with van der Waals surface area (Å²) in [6, 6.07) is 5.52. The first-order valence-electron chi connectivity index (χ1n) is 12.1. The molecule has 1 amide bonds. The second kappa shape index (κ2) is 10.3. The number of amides is 1. The van der Waals surface area contributed by atoms with Crippen molar-refractivity contribution in [3.8, 4) is 5.75 Å². The summed E-state index contributed by atoms with van der Waals surface area (Å²) in [6.45, 7) is 7.02. The molecular weight excluding hydrogens is 406 g/mol. The van der Waals surface area contributed by atoms with E-state index in [0.717, 1.165) is 44.3 Å². The number of ether oxygens (including phenoxy) is 1. The van der Waals surface area contributed by atoms with Gasteiger partial charge >= 0.3 is 0 Å². The number of carbonyl (C=O) groups is 2. The largest absolute Gasteiger partial charge is 0.493 e. The summed E-state index contributed by atoms with van der Waals surface area (Å²) in [5.74, 6) is 0.798. The zero-order chi connectivity index (χ0) is 22.7. The van der Waals surface area contributed by atoms with Crippen LogP contribution in [0.3, 0.4) is 0 Å². The van der Waals surface area contributed by atoms with Crippen molar-refractivity contribution in [2.24, 2.45) is 0 Å². The Balaban J connectivity index is 1.57. The average Bonchev–Trinajstić information content (AvgIpc) is 3.10. The molecule has 3 heterocycles. The third-order valence-corrected chi connectivity index (χ3v) is 6.83. The molecule has 0 aromatic heterocycles. The molecule has 0 spiro atoms. The monoisotopic (exact) mass is 443 g/mol. The minimum atomic E-state index is -0.402. The lowest BCUT2D eigenvalue weighted by Crippen LogP contribution is -2.62. The topological polar surface area (TPSA) is 85.9 Å². The summed E-state index contributed by atoms with van der Waals surface area (Å²) in [5.41, 5.74) is 4.91. The maximum Gasteiger partial charge on any atom is 0.241 e.